The lowest BCUT2D eigenvalue weighted by Crippen LogP contribution is -2.42. The van der Waals surface area contributed by atoms with Crippen LogP contribution in [0.5, 0.6) is 0 Å². The van der Waals surface area contributed by atoms with Crippen molar-refractivity contribution < 1.29 is 13.6 Å². The first-order valence-electron chi connectivity index (χ1n) is 9.62. The number of nitrogens with zero attached hydrogens (tertiary/aromatic N) is 6. The molecule has 30 heavy (non-hydrogen) atoms. The van der Waals surface area contributed by atoms with E-state index in [1.807, 2.05) is 31.4 Å². The molecule has 0 N–H and O–H groups in total. The van der Waals surface area contributed by atoms with Gasteiger partial charge in [-0.25, -0.2) is 18.7 Å². The van der Waals surface area contributed by atoms with Gasteiger partial charge in [0.25, 0.3) is 11.8 Å². The van der Waals surface area contributed by atoms with E-state index in [9.17, 15) is 13.6 Å². The molecule has 4 aromatic rings. The summed E-state index contributed by atoms with van der Waals surface area (Å²) in [7, 11) is 1.84. The lowest BCUT2D eigenvalue weighted by molar-refractivity contribution is -0.0495. The summed E-state index contributed by atoms with van der Waals surface area (Å²) in [6.07, 6.45) is 4.54. The SMILES string of the molecule is Cn1cc2cc(-c3ccc4cnc(C(=O)N5CCC(F)(F)CC5)cc4n3)cnc2n1. The molecule has 152 valence electrons. The van der Waals surface area contributed by atoms with Crippen molar-refractivity contribution in [1.82, 2.24) is 29.6 Å². The van der Waals surface area contributed by atoms with E-state index in [4.69, 9.17) is 0 Å². The van der Waals surface area contributed by atoms with Gasteiger partial charge in [0.2, 0.25) is 0 Å². The molecule has 1 amide bonds. The Bertz CT molecular complexity index is 1280. The van der Waals surface area contributed by atoms with Crippen molar-refractivity contribution in [2.75, 3.05) is 13.1 Å². The number of carbonyl (C=O) groups excluding carboxylic acids is 1. The number of hydrogen-bond acceptors (Lipinski definition) is 5. The monoisotopic (exact) mass is 408 g/mol. The number of aryl methyl sites for hydroxylation is 1. The van der Waals surface area contributed by atoms with Crippen LogP contribution >= 0.6 is 0 Å². The van der Waals surface area contributed by atoms with Gasteiger partial charge >= 0.3 is 0 Å². The fourth-order valence-corrected chi connectivity index (χ4v) is 3.67. The first-order chi connectivity index (χ1) is 14.4. The number of aromatic nitrogens is 5. The molecule has 4 aromatic heterocycles. The van der Waals surface area contributed by atoms with E-state index >= 15 is 0 Å². The quantitative estimate of drug-likeness (QED) is 0.508. The van der Waals surface area contributed by atoms with Crippen LogP contribution < -0.4 is 0 Å². The summed E-state index contributed by atoms with van der Waals surface area (Å²) < 4.78 is 28.5. The second-order valence-electron chi connectivity index (χ2n) is 7.55. The smallest absolute Gasteiger partial charge is 0.272 e. The normalized spacial score (nSPS) is 16.3. The number of carbonyl (C=O) groups is 1. The molecule has 5 heterocycles. The highest BCUT2D eigenvalue weighted by atomic mass is 19.3. The van der Waals surface area contributed by atoms with Crippen LogP contribution in [-0.4, -0.2) is 54.6 Å². The maximum atomic E-state index is 13.4. The maximum absolute atomic E-state index is 13.4. The number of halogens is 2. The average molecular weight is 408 g/mol. The van der Waals surface area contributed by atoms with Crippen LogP contribution in [0.3, 0.4) is 0 Å². The number of amides is 1. The minimum atomic E-state index is -2.70. The molecule has 0 unspecified atom stereocenters. The molecule has 0 spiro atoms. The minimum absolute atomic E-state index is 0.0236. The third-order valence-corrected chi connectivity index (χ3v) is 5.34. The summed E-state index contributed by atoms with van der Waals surface area (Å²) in [4.78, 5) is 27.4. The summed E-state index contributed by atoms with van der Waals surface area (Å²) in [5.41, 5.74) is 3.02. The van der Waals surface area contributed by atoms with Gasteiger partial charge in [-0.15, -0.1) is 0 Å². The molecule has 1 aliphatic heterocycles. The Kier molecular flexibility index (Phi) is 4.19. The van der Waals surface area contributed by atoms with E-state index in [1.165, 1.54) is 4.90 Å². The van der Waals surface area contributed by atoms with Crippen LogP contribution in [-0.2, 0) is 7.05 Å². The number of pyridine rings is 3. The molecular formula is C21H18F2N6O. The van der Waals surface area contributed by atoms with Gasteiger partial charge in [0.15, 0.2) is 5.65 Å². The third kappa shape index (κ3) is 3.36. The molecule has 5 rings (SSSR count). The lowest BCUT2D eigenvalue weighted by Gasteiger charge is -2.31. The number of piperidine rings is 1. The van der Waals surface area contributed by atoms with E-state index in [2.05, 4.69) is 20.1 Å². The zero-order chi connectivity index (χ0) is 20.9. The van der Waals surface area contributed by atoms with Crippen LogP contribution in [0, 0.1) is 0 Å². The van der Waals surface area contributed by atoms with E-state index in [1.54, 1.807) is 23.1 Å². The second kappa shape index (κ2) is 6.79. The molecule has 0 atom stereocenters. The molecule has 0 aliphatic carbocycles. The number of fused-ring (bicyclic) bond motifs is 2. The van der Waals surface area contributed by atoms with Gasteiger partial charge in [-0.3, -0.25) is 14.5 Å². The standard InChI is InChI=1S/C21H18F2N6O/c1-28-12-15-8-14(11-25-19(15)27-28)16-3-2-13-10-24-18(9-17(13)26-16)20(30)29-6-4-21(22,23)5-7-29/h2-3,8-12H,4-7H2,1H3. The molecule has 9 heteroatoms. The Morgan fingerprint density at radius 2 is 1.87 bits per heavy atom. The van der Waals surface area contributed by atoms with E-state index in [0.29, 0.717) is 16.9 Å². The Morgan fingerprint density at radius 3 is 2.67 bits per heavy atom. The second-order valence-corrected chi connectivity index (χ2v) is 7.55. The molecule has 0 radical (unpaired) electrons. The Balaban J connectivity index is 1.47. The van der Waals surface area contributed by atoms with Crippen molar-refractivity contribution in [3.8, 4) is 11.3 Å². The minimum Gasteiger partial charge on any atom is -0.337 e. The number of alkyl halides is 2. The van der Waals surface area contributed by atoms with Gasteiger partial charge in [0.05, 0.1) is 11.2 Å². The zero-order valence-electron chi connectivity index (χ0n) is 16.2. The highest BCUT2D eigenvalue weighted by molar-refractivity contribution is 5.96. The first-order valence-corrected chi connectivity index (χ1v) is 9.62. The summed E-state index contributed by atoms with van der Waals surface area (Å²) in [6.45, 7) is 0.0472. The maximum Gasteiger partial charge on any atom is 0.272 e. The molecule has 1 fully saturated rings. The van der Waals surface area contributed by atoms with Crippen LogP contribution in [0.25, 0.3) is 33.2 Å². The van der Waals surface area contributed by atoms with Crippen molar-refractivity contribution in [1.29, 1.82) is 0 Å². The molecular weight excluding hydrogens is 390 g/mol. The molecule has 0 saturated carbocycles. The van der Waals surface area contributed by atoms with Gasteiger partial charge in [-0.2, -0.15) is 5.10 Å². The van der Waals surface area contributed by atoms with Crippen LogP contribution in [0.15, 0.2) is 42.9 Å². The van der Waals surface area contributed by atoms with Crippen molar-refractivity contribution in [3.63, 3.8) is 0 Å². The molecule has 0 aromatic carbocycles. The fourth-order valence-electron chi connectivity index (χ4n) is 3.67. The Labute approximate surface area is 170 Å². The predicted octanol–water partition coefficient (Wildman–Crippen LogP) is 3.45. The summed E-state index contributed by atoms with van der Waals surface area (Å²) in [5.74, 6) is -3.05. The van der Waals surface area contributed by atoms with E-state index in [-0.39, 0.29) is 37.5 Å². The number of likely N-dealkylation sites (tertiary alicyclic amines) is 1. The third-order valence-electron chi connectivity index (χ3n) is 5.34. The van der Waals surface area contributed by atoms with E-state index < -0.39 is 5.92 Å². The van der Waals surface area contributed by atoms with Crippen LogP contribution in [0.4, 0.5) is 8.78 Å². The summed E-state index contributed by atoms with van der Waals surface area (Å²) in [5, 5.41) is 5.96. The molecule has 1 saturated heterocycles. The predicted molar refractivity (Wildman–Crippen MR) is 107 cm³/mol. The van der Waals surface area contributed by atoms with Gasteiger partial charge in [-0.05, 0) is 24.3 Å². The van der Waals surface area contributed by atoms with Gasteiger partial charge in [0, 0.05) is 67.9 Å². The van der Waals surface area contributed by atoms with E-state index in [0.717, 1.165) is 16.3 Å². The fraction of sp³-hybridized carbons (Fsp3) is 0.286. The van der Waals surface area contributed by atoms with Gasteiger partial charge in [0.1, 0.15) is 5.69 Å². The van der Waals surface area contributed by atoms with Crippen molar-refractivity contribution in [2.24, 2.45) is 7.05 Å². The lowest BCUT2D eigenvalue weighted by atomic mass is 10.1. The van der Waals surface area contributed by atoms with Crippen molar-refractivity contribution in [3.05, 3.63) is 48.5 Å². The highest BCUT2D eigenvalue weighted by Gasteiger charge is 2.36. The molecule has 0 bridgehead atoms. The number of hydrogen-bond donors (Lipinski definition) is 0. The Hall–Kier alpha value is -3.49. The Morgan fingerprint density at radius 1 is 1.07 bits per heavy atom. The largest absolute Gasteiger partial charge is 0.337 e. The van der Waals surface area contributed by atoms with Crippen molar-refractivity contribution >= 4 is 27.8 Å². The van der Waals surface area contributed by atoms with Crippen LogP contribution in [0.1, 0.15) is 23.3 Å². The molecule has 1 aliphatic rings. The highest BCUT2D eigenvalue weighted by Crippen LogP contribution is 2.29. The van der Waals surface area contributed by atoms with Gasteiger partial charge < -0.3 is 4.90 Å². The van der Waals surface area contributed by atoms with Crippen molar-refractivity contribution in [2.45, 2.75) is 18.8 Å². The molecule has 7 nitrogen and oxygen atoms in total. The zero-order valence-corrected chi connectivity index (χ0v) is 16.2. The average Bonchev–Trinajstić information content (AvgIpc) is 3.11. The number of rotatable bonds is 2. The van der Waals surface area contributed by atoms with Gasteiger partial charge in [-0.1, -0.05) is 0 Å². The summed E-state index contributed by atoms with van der Waals surface area (Å²) >= 11 is 0. The summed E-state index contributed by atoms with van der Waals surface area (Å²) in [6, 6.07) is 7.33. The first kappa shape index (κ1) is 18.5. The topological polar surface area (TPSA) is 76.8 Å². The van der Waals surface area contributed by atoms with Crippen LogP contribution in [0.2, 0.25) is 0 Å².